The number of benzene rings is 1. The van der Waals surface area contributed by atoms with Crippen LogP contribution in [0.5, 0.6) is 5.75 Å². The number of hydrogen-bond donors (Lipinski definition) is 0. The Bertz CT molecular complexity index is 609. The van der Waals surface area contributed by atoms with Crippen LogP contribution >= 0.6 is 0 Å². The average Bonchev–Trinajstić information content (AvgIpc) is 2.58. The standard InChI is InChI=1S/C21H31NO3/c1-5-22(6-2)15-9-14-21(4)18(13-12-16(3)23)20(24)17-10-7-8-11-19(17)25-21/h7-8,10-11,18H,5-6,9,12-15H2,1-4H3. The lowest BCUT2D eigenvalue weighted by atomic mass is 9.75. The Balaban J connectivity index is 2.18. The number of carbonyl (C=O) groups is 2. The van der Waals surface area contributed by atoms with E-state index >= 15 is 0 Å². The second kappa shape index (κ2) is 8.61. The molecule has 0 spiro atoms. The highest BCUT2D eigenvalue weighted by molar-refractivity contribution is 6.02. The lowest BCUT2D eigenvalue weighted by molar-refractivity contribution is -0.117. The molecule has 2 atom stereocenters. The highest BCUT2D eigenvalue weighted by atomic mass is 16.5. The van der Waals surface area contributed by atoms with E-state index in [1.165, 1.54) is 0 Å². The lowest BCUT2D eigenvalue weighted by Gasteiger charge is -2.42. The van der Waals surface area contributed by atoms with Crippen molar-refractivity contribution in [3.8, 4) is 5.75 Å². The Morgan fingerprint density at radius 2 is 1.92 bits per heavy atom. The number of para-hydroxylation sites is 1. The molecule has 2 unspecified atom stereocenters. The third-order valence-corrected chi connectivity index (χ3v) is 5.38. The summed E-state index contributed by atoms with van der Waals surface area (Å²) in [6, 6.07) is 7.47. The third kappa shape index (κ3) is 4.69. The molecule has 1 aromatic carbocycles. The van der Waals surface area contributed by atoms with Gasteiger partial charge in [-0.1, -0.05) is 26.0 Å². The predicted octanol–water partition coefficient (Wildman–Crippen LogP) is 4.13. The van der Waals surface area contributed by atoms with Crippen LogP contribution in [0.3, 0.4) is 0 Å². The molecule has 1 aliphatic rings. The maximum Gasteiger partial charge on any atom is 0.173 e. The zero-order chi connectivity index (χ0) is 18.4. The van der Waals surface area contributed by atoms with Crippen LogP contribution in [-0.4, -0.2) is 41.7 Å². The highest BCUT2D eigenvalue weighted by Crippen LogP contribution is 2.41. The van der Waals surface area contributed by atoms with Crippen molar-refractivity contribution in [2.75, 3.05) is 19.6 Å². The molecule has 4 heteroatoms. The van der Waals surface area contributed by atoms with Crippen molar-refractivity contribution in [2.45, 2.75) is 59.0 Å². The Labute approximate surface area is 151 Å². The average molecular weight is 345 g/mol. The summed E-state index contributed by atoms with van der Waals surface area (Å²) in [6.07, 6.45) is 2.77. The van der Waals surface area contributed by atoms with Crippen LogP contribution in [-0.2, 0) is 4.79 Å². The Morgan fingerprint density at radius 3 is 2.56 bits per heavy atom. The van der Waals surface area contributed by atoms with Crippen LogP contribution in [0.4, 0.5) is 0 Å². The molecular weight excluding hydrogens is 314 g/mol. The fraction of sp³-hybridized carbons (Fsp3) is 0.619. The van der Waals surface area contributed by atoms with E-state index in [4.69, 9.17) is 4.74 Å². The van der Waals surface area contributed by atoms with Crippen molar-refractivity contribution in [1.82, 2.24) is 4.90 Å². The van der Waals surface area contributed by atoms with Crippen molar-refractivity contribution in [2.24, 2.45) is 5.92 Å². The molecule has 0 aromatic heterocycles. The van der Waals surface area contributed by atoms with Crippen LogP contribution < -0.4 is 4.74 Å². The third-order valence-electron chi connectivity index (χ3n) is 5.38. The van der Waals surface area contributed by atoms with Crippen LogP contribution in [0.1, 0.15) is 63.7 Å². The van der Waals surface area contributed by atoms with Gasteiger partial charge in [0.15, 0.2) is 5.78 Å². The molecule has 2 rings (SSSR count). The molecule has 0 aliphatic carbocycles. The zero-order valence-corrected chi connectivity index (χ0v) is 16.0. The van der Waals surface area contributed by atoms with Gasteiger partial charge in [-0.3, -0.25) is 4.79 Å². The van der Waals surface area contributed by atoms with Crippen molar-refractivity contribution in [3.05, 3.63) is 29.8 Å². The minimum atomic E-state index is -0.548. The van der Waals surface area contributed by atoms with Gasteiger partial charge >= 0.3 is 0 Å². The topological polar surface area (TPSA) is 46.6 Å². The monoisotopic (exact) mass is 345 g/mol. The summed E-state index contributed by atoms with van der Waals surface area (Å²) in [7, 11) is 0. The van der Waals surface area contributed by atoms with E-state index in [1.807, 2.05) is 31.2 Å². The van der Waals surface area contributed by atoms with Gasteiger partial charge in [0.05, 0.1) is 11.5 Å². The summed E-state index contributed by atoms with van der Waals surface area (Å²) < 4.78 is 6.33. The molecule has 0 saturated heterocycles. The Kier molecular flexibility index (Phi) is 6.77. The fourth-order valence-corrected chi connectivity index (χ4v) is 3.75. The largest absolute Gasteiger partial charge is 0.486 e. The van der Waals surface area contributed by atoms with Gasteiger partial charge in [-0.2, -0.15) is 0 Å². The van der Waals surface area contributed by atoms with Gasteiger partial charge in [-0.25, -0.2) is 0 Å². The normalized spacial score (nSPS) is 22.6. The van der Waals surface area contributed by atoms with Gasteiger partial charge in [0, 0.05) is 6.42 Å². The van der Waals surface area contributed by atoms with Gasteiger partial charge < -0.3 is 14.4 Å². The summed E-state index contributed by atoms with van der Waals surface area (Å²) in [4.78, 5) is 26.9. The highest BCUT2D eigenvalue weighted by Gasteiger charge is 2.45. The van der Waals surface area contributed by atoms with E-state index in [1.54, 1.807) is 6.92 Å². The number of ether oxygens (including phenoxy) is 1. The summed E-state index contributed by atoms with van der Waals surface area (Å²) in [5, 5.41) is 0. The first-order chi connectivity index (χ1) is 11.9. The molecule has 0 saturated carbocycles. The molecule has 1 aromatic rings. The predicted molar refractivity (Wildman–Crippen MR) is 100 cm³/mol. The SMILES string of the molecule is CCN(CC)CCCC1(C)Oc2ccccc2C(=O)C1CCC(C)=O. The van der Waals surface area contributed by atoms with Gasteiger partial charge in [-0.15, -0.1) is 0 Å². The number of fused-ring (bicyclic) bond motifs is 1. The molecule has 0 amide bonds. The summed E-state index contributed by atoms with van der Waals surface area (Å²) in [6.45, 7) is 11.0. The molecule has 0 bridgehead atoms. The molecule has 0 N–H and O–H groups in total. The van der Waals surface area contributed by atoms with E-state index in [9.17, 15) is 9.59 Å². The first-order valence-corrected chi connectivity index (χ1v) is 9.45. The molecule has 4 nitrogen and oxygen atoms in total. The second-order valence-electron chi connectivity index (χ2n) is 7.20. The number of ketones is 2. The molecule has 1 aliphatic heterocycles. The lowest BCUT2D eigenvalue weighted by Crippen LogP contribution is -2.49. The first kappa shape index (κ1) is 19.6. The summed E-state index contributed by atoms with van der Waals surface area (Å²) in [5.41, 5.74) is 0.103. The van der Waals surface area contributed by atoms with Crippen molar-refractivity contribution in [1.29, 1.82) is 0 Å². The van der Waals surface area contributed by atoms with Gasteiger partial charge in [0.1, 0.15) is 17.1 Å². The smallest absolute Gasteiger partial charge is 0.173 e. The van der Waals surface area contributed by atoms with E-state index in [0.29, 0.717) is 24.2 Å². The molecule has 25 heavy (non-hydrogen) atoms. The van der Waals surface area contributed by atoms with Crippen molar-refractivity contribution >= 4 is 11.6 Å². The first-order valence-electron chi connectivity index (χ1n) is 9.45. The van der Waals surface area contributed by atoms with Crippen LogP contribution in [0.15, 0.2) is 24.3 Å². The Hall–Kier alpha value is -1.68. The van der Waals surface area contributed by atoms with Crippen LogP contribution in [0, 0.1) is 5.92 Å². The maximum atomic E-state index is 13.1. The van der Waals surface area contributed by atoms with Crippen LogP contribution in [0.25, 0.3) is 0 Å². The molecule has 1 heterocycles. The van der Waals surface area contributed by atoms with E-state index in [2.05, 4.69) is 18.7 Å². The van der Waals surface area contributed by atoms with Crippen molar-refractivity contribution in [3.63, 3.8) is 0 Å². The minimum Gasteiger partial charge on any atom is -0.486 e. The number of hydrogen-bond acceptors (Lipinski definition) is 4. The summed E-state index contributed by atoms with van der Waals surface area (Å²) in [5.74, 6) is 0.658. The van der Waals surface area contributed by atoms with Gasteiger partial charge in [0.25, 0.3) is 0 Å². The molecule has 138 valence electrons. The number of rotatable bonds is 9. The molecule has 0 fully saturated rings. The number of Topliss-reactive ketones (excluding diaryl/α,β-unsaturated/α-hetero) is 2. The quantitative estimate of drug-likeness (QED) is 0.675. The number of carbonyl (C=O) groups excluding carboxylic acids is 2. The van der Waals surface area contributed by atoms with E-state index in [0.717, 1.165) is 32.5 Å². The molecule has 0 radical (unpaired) electrons. The fourth-order valence-electron chi connectivity index (χ4n) is 3.75. The van der Waals surface area contributed by atoms with Crippen molar-refractivity contribution < 1.29 is 14.3 Å². The van der Waals surface area contributed by atoms with E-state index in [-0.39, 0.29) is 17.5 Å². The Morgan fingerprint density at radius 1 is 1.24 bits per heavy atom. The maximum absolute atomic E-state index is 13.1. The zero-order valence-electron chi connectivity index (χ0n) is 16.0. The van der Waals surface area contributed by atoms with E-state index < -0.39 is 5.60 Å². The minimum absolute atomic E-state index is 0.119. The summed E-state index contributed by atoms with van der Waals surface area (Å²) >= 11 is 0. The second-order valence-corrected chi connectivity index (χ2v) is 7.20. The van der Waals surface area contributed by atoms with Crippen LogP contribution in [0.2, 0.25) is 0 Å². The number of nitrogens with zero attached hydrogens (tertiary/aromatic N) is 1. The van der Waals surface area contributed by atoms with Gasteiger partial charge in [-0.05, 0) is 64.9 Å². The molecular formula is C21H31NO3. The van der Waals surface area contributed by atoms with Gasteiger partial charge in [0.2, 0.25) is 0 Å².